The van der Waals surface area contributed by atoms with Gasteiger partial charge in [0.05, 0.1) is 0 Å². The summed E-state index contributed by atoms with van der Waals surface area (Å²) in [4.78, 5) is 11.7. The number of nitrogens with zero attached hydrogens (tertiary/aromatic N) is 3. The van der Waals surface area contributed by atoms with Crippen molar-refractivity contribution in [1.82, 2.24) is 10.1 Å². The number of hydrogen-bond donors (Lipinski definition) is 2. The minimum atomic E-state index is -1.05. The molecule has 1 atom stereocenters. The van der Waals surface area contributed by atoms with Crippen molar-refractivity contribution in [1.29, 1.82) is 0 Å². The van der Waals surface area contributed by atoms with E-state index in [0.29, 0.717) is 24.4 Å². The lowest BCUT2D eigenvalue weighted by atomic mass is 10.0. The molecule has 0 radical (unpaired) electrons. The van der Waals surface area contributed by atoms with Crippen LogP contribution >= 0.6 is 11.8 Å². The first kappa shape index (κ1) is 20.2. The van der Waals surface area contributed by atoms with Crippen LogP contribution in [-0.2, 0) is 4.87 Å². The molecule has 1 heterocycles. The third-order valence-corrected chi connectivity index (χ3v) is 5.81. The molecule has 0 bridgehead atoms. The fraction of sp³-hybridized carbons (Fsp3) is 0.263. The minimum absolute atomic E-state index is 0.0473. The van der Waals surface area contributed by atoms with E-state index in [4.69, 9.17) is 5.73 Å². The van der Waals surface area contributed by atoms with Crippen molar-refractivity contribution in [2.75, 3.05) is 13.6 Å². The van der Waals surface area contributed by atoms with Gasteiger partial charge in [0.1, 0.15) is 21.5 Å². The van der Waals surface area contributed by atoms with Crippen LogP contribution in [0.4, 0.5) is 13.6 Å². The highest BCUT2D eigenvalue weighted by molar-refractivity contribution is 8.15. The maximum Gasteiger partial charge on any atom is 0.365 e. The maximum absolute atomic E-state index is 14.4. The molecule has 0 saturated carbocycles. The van der Waals surface area contributed by atoms with Crippen LogP contribution < -0.4 is 5.73 Å². The van der Waals surface area contributed by atoms with Crippen LogP contribution in [-0.4, -0.2) is 39.9 Å². The highest BCUT2D eigenvalue weighted by Gasteiger charge is 2.49. The predicted octanol–water partition coefficient (Wildman–Crippen LogP) is 3.71. The molecule has 3 N–H and O–H groups in total. The monoisotopic (exact) mass is 406 g/mol. The fourth-order valence-electron chi connectivity index (χ4n) is 3.02. The highest BCUT2D eigenvalue weighted by atomic mass is 32.2. The molecule has 0 fully saturated rings. The van der Waals surface area contributed by atoms with Crippen LogP contribution in [0.2, 0.25) is 0 Å². The van der Waals surface area contributed by atoms with E-state index in [2.05, 4.69) is 5.10 Å². The zero-order valence-corrected chi connectivity index (χ0v) is 16.0. The molecular weight excluding hydrogens is 386 g/mol. The van der Waals surface area contributed by atoms with Crippen molar-refractivity contribution in [3.8, 4) is 0 Å². The Kier molecular flexibility index (Phi) is 5.97. The van der Waals surface area contributed by atoms with Gasteiger partial charge in [-0.3, -0.25) is 5.21 Å². The van der Waals surface area contributed by atoms with Gasteiger partial charge >= 0.3 is 6.03 Å². The molecule has 0 saturated heterocycles. The van der Waals surface area contributed by atoms with Crippen molar-refractivity contribution < 1.29 is 18.8 Å². The summed E-state index contributed by atoms with van der Waals surface area (Å²) in [5.41, 5.74) is 6.38. The van der Waals surface area contributed by atoms with Gasteiger partial charge in [-0.1, -0.05) is 42.1 Å². The number of hydrazone groups is 1. The molecule has 3 rings (SSSR count). The fourth-order valence-corrected chi connectivity index (χ4v) is 4.44. The van der Waals surface area contributed by atoms with E-state index in [9.17, 15) is 18.8 Å². The predicted molar refractivity (Wildman–Crippen MR) is 104 cm³/mol. The van der Waals surface area contributed by atoms with Gasteiger partial charge in [0.15, 0.2) is 0 Å². The van der Waals surface area contributed by atoms with E-state index >= 15 is 0 Å². The van der Waals surface area contributed by atoms with Crippen molar-refractivity contribution in [2.24, 2.45) is 10.8 Å². The molecule has 28 heavy (non-hydrogen) atoms. The number of hydrogen-bond acceptors (Lipinski definition) is 5. The average molecular weight is 406 g/mol. The van der Waals surface area contributed by atoms with E-state index in [0.717, 1.165) is 40.5 Å². The van der Waals surface area contributed by atoms with Gasteiger partial charge in [0.2, 0.25) is 0 Å². The Morgan fingerprint density at radius 3 is 2.64 bits per heavy atom. The minimum Gasteiger partial charge on any atom is -0.330 e. The number of thioether (sulfide) groups is 1. The lowest BCUT2D eigenvalue weighted by Crippen LogP contribution is -2.46. The number of benzene rings is 2. The normalized spacial score (nSPS) is 18.9. The Hall–Kier alpha value is -2.49. The first-order chi connectivity index (χ1) is 13.4. The third kappa shape index (κ3) is 3.73. The molecule has 2 aromatic rings. The van der Waals surface area contributed by atoms with E-state index in [-0.39, 0.29) is 10.6 Å². The SMILES string of the molecule is CN(O)C(=O)N1N=C(c2cc(F)ccc2F)SC1(CCCN)c1ccccc1. The van der Waals surface area contributed by atoms with Gasteiger partial charge in [-0.25, -0.2) is 18.6 Å². The Morgan fingerprint density at radius 2 is 2.00 bits per heavy atom. The molecule has 1 unspecified atom stereocenters. The molecule has 1 aliphatic rings. The van der Waals surface area contributed by atoms with Gasteiger partial charge in [-0.05, 0) is 43.1 Å². The lowest BCUT2D eigenvalue weighted by molar-refractivity contribution is -0.0403. The molecular formula is C19H20F2N4O2S. The van der Waals surface area contributed by atoms with Crippen LogP contribution in [0.1, 0.15) is 24.0 Å². The van der Waals surface area contributed by atoms with Gasteiger partial charge in [-0.2, -0.15) is 10.1 Å². The van der Waals surface area contributed by atoms with Gasteiger partial charge in [0.25, 0.3) is 0 Å². The number of rotatable bonds is 5. The first-order valence-corrected chi connectivity index (χ1v) is 9.46. The van der Waals surface area contributed by atoms with E-state index < -0.39 is 22.5 Å². The number of urea groups is 1. The number of amides is 2. The quantitative estimate of drug-likeness (QED) is 0.586. The lowest BCUT2D eigenvalue weighted by Gasteiger charge is -2.36. The molecule has 2 amide bonds. The number of carbonyl (C=O) groups is 1. The molecule has 9 heteroatoms. The summed E-state index contributed by atoms with van der Waals surface area (Å²) in [6.07, 6.45) is 0.955. The van der Waals surface area contributed by atoms with Crippen LogP contribution in [0.15, 0.2) is 53.6 Å². The highest BCUT2D eigenvalue weighted by Crippen LogP contribution is 2.50. The second kappa shape index (κ2) is 8.26. The number of nitrogens with two attached hydrogens (primary N) is 1. The molecule has 148 valence electrons. The number of halogens is 2. The Labute approximate surface area is 165 Å². The molecule has 0 spiro atoms. The van der Waals surface area contributed by atoms with Crippen LogP contribution in [0, 0.1) is 11.6 Å². The van der Waals surface area contributed by atoms with Gasteiger partial charge in [-0.15, -0.1) is 0 Å². The topological polar surface area (TPSA) is 82.2 Å². The molecule has 0 aliphatic carbocycles. The zero-order valence-electron chi connectivity index (χ0n) is 15.2. The molecule has 2 aromatic carbocycles. The zero-order chi connectivity index (χ0) is 20.3. The standard InChI is InChI=1S/C19H20F2N4O2S/c1-24(27)18(26)25-19(10-5-11-22,13-6-3-2-4-7-13)28-17(23-25)15-12-14(20)8-9-16(15)21/h2-4,6-9,12,27H,5,10-11,22H2,1H3. The van der Waals surface area contributed by atoms with Crippen molar-refractivity contribution >= 4 is 22.8 Å². The molecule has 6 nitrogen and oxygen atoms in total. The van der Waals surface area contributed by atoms with Crippen LogP contribution in [0.25, 0.3) is 0 Å². The summed E-state index contributed by atoms with van der Waals surface area (Å²) in [5.74, 6) is -1.27. The Bertz CT molecular complexity index is 895. The Morgan fingerprint density at radius 1 is 1.29 bits per heavy atom. The molecule has 1 aliphatic heterocycles. The van der Waals surface area contributed by atoms with Crippen LogP contribution in [0.3, 0.4) is 0 Å². The Balaban J connectivity index is 2.15. The second-order valence-electron chi connectivity index (χ2n) is 6.29. The largest absolute Gasteiger partial charge is 0.365 e. The summed E-state index contributed by atoms with van der Waals surface area (Å²) in [7, 11) is 1.18. The maximum atomic E-state index is 14.4. The van der Waals surface area contributed by atoms with E-state index in [1.807, 2.05) is 30.3 Å². The second-order valence-corrected chi connectivity index (χ2v) is 7.56. The molecule has 0 aromatic heterocycles. The summed E-state index contributed by atoms with van der Waals surface area (Å²) in [6, 6.07) is 11.4. The van der Waals surface area contributed by atoms with Crippen LogP contribution in [0.5, 0.6) is 0 Å². The van der Waals surface area contributed by atoms with Gasteiger partial charge in [0, 0.05) is 12.6 Å². The summed E-state index contributed by atoms with van der Waals surface area (Å²) >= 11 is 1.14. The number of hydroxylamine groups is 2. The average Bonchev–Trinajstić information content (AvgIpc) is 3.08. The summed E-state index contributed by atoms with van der Waals surface area (Å²) < 4.78 is 28.1. The number of carbonyl (C=O) groups excluding carboxylic acids is 1. The van der Waals surface area contributed by atoms with E-state index in [1.54, 1.807) is 0 Å². The van der Waals surface area contributed by atoms with Gasteiger partial charge < -0.3 is 5.73 Å². The smallest absolute Gasteiger partial charge is 0.330 e. The van der Waals surface area contributed by atoms with E-state index in [1.165, 1.54) is 7.05 Å². The first-order valence-electron chi connectivity index (χ1n) is 8.64. The van der Waals surface area contributed by atoms with Crippen molar-refractivity contribution in [3.63, 3.8) is 0 Å². The summed E-state index contributed by atoms with van der Waals surface area (Å²) in [5, 5.41) is 15.7. The van der Waals surface area contributed by atoms with Crippen molar-refractivity contribution in [2.45, 2.75) is 17.7 Å². The van der Waals surface area contributed by atoms with Crippen molar-refractivity contribution in [3.05, 3.63) is 71.3 Å². The summed E-state index contributed by atoms with van der Waals surface area (Å²) in [6.45, 7) is 0.371. The third-order valence-electron chi connectivity index (χ3n) is 4.36.